The van der Waals surface area contributed by atoms with E-state index in [1.54, 1.807) is 0 Å². The summed E-state index contributed by atoms with van der Waals surface area (Å²) in [6, 6.07) is 17.9. The third-order valence-electron chi connectivity index (χ3n) is 4.81. The van der Waals surface area contributed by atoms with Gasteiger partial charge in [-0.15, -0.1) is 0 Å². The van der Waals surface area contributed by atoms with Crippen LogP contribution in [-0.4, -0.2) is 16.3 Å². The molecule has 0 unspecified atom stereocenters. The predicted molar refractivity (Wildman–Crippen MR) is 110 cm³/mol. The van der Waals surface area contributed by atoms with Crippen molar-refractivity contribution in [1.82, 2.24) is 9.97 Å². The first-order valence-corrected chi connectivity index (χ1v) is 9.56. The number of aromatic nitrogens is 2. The van der Waals surface area contributed by atoms with Crippen molar-refractivity contribution in [3.05, 3.63) is 82.4 Å². The maximum Gasteiger partial charge on any atom is 0.168 e. The standard InChI is InChI=1S/C24H23N3O/c1-3-4-9-23-22(24(16-28)27-17(2)26-23)14-18-10-12-19(13-11-18)21-8-6-5-7-20(21)15-25/h5-8,10-13,16H,3-4,9,14H2,1-2H3. The second-order valence-electron chi connectivity index (χ2n) is 6.83. The quantitative estimate of drug-likeness (QED) is 0.545. The molecule has 1 aromatic heterocycles. The molecule has 0 amide bonds. The fraction of sp³-hybridized carbons (Fsp3) is 0.250. The monoisotopic (exact) mass is 369 g/mol. The van der Waals surface area contributed by atoms with Crippen LogP contribution in [0, 0.1) is 18.3 Å². The lowest BCUT2D eigenvalue weighted by atomic mass is 9.96. The van der Waals surface area contributed by atoms with Crippen molar-refractivity contribution < 1.29 is 4.79 Å². The average Bonchev–Trinajstić information content (AvgIpc) is 2.74. The topological polar surface area (TPSA) is 66.6 Å². The first kappa shape index (κ1) is 19.4. The fourth-order valence-corrected chi connectivity index (χ4v) is 3.36. The molecule has 3 aromatic rings. The van der Waals surface area contributed by atoms with Crippen LogP contribution in [0.3, 0.4) is 0 Å². The molecule has 0 spiro atoms. The van der Waals surface area contributed by atoms with Gasteiger partial charge in [0.2, 0.25) is 0 Å². The van der Waals surface area contributed by atoms with E-state index in [1.807, 2.05) is 55.5 Å². The molecule has 140 valence electrons. The number of nitriles is 1. The summed E-state index contributed by atoms with van der Waals surface area (Å²) in [6.45, 7) is 3.97. The molecule has 4 nitrogen and oxygen atoms in total. The zero-order chi connectivity index (χ0) is 19.9. The first-order valence-electron chi connectivity index (χ1n) is 9.56. The predicted octanol–water partition coefficient (Wildman–Crippen LogP) is 5.07. The Morgan fingerprint density at radius 3 is 2.50 bits per heavy atom. The van der Waals surface area contributed by atoms with Gasteiger partial charge in [0.05, 0.1) is 11.6 Å². The van der Waals surface area contributed by atoms with Crippen LogP contribution < -0.4 is 0 Å². The van der Waals surface area contributed by atoms with Gasteiger partial charge < -0.3 is 0 Å². The lowest BCUT2D eigenvalue weighted by molar-refractivity contribution is 0.111. The molecule has 0 saturated heterocycles. The minimum atomic E-state index is 0.484. The van der Waals surface area contributed by atoms with Crippen molar-refractivity contribution >= 4 is 6.29 Å². The number of benzene rings is 2. The molecule has 0 radical (unpaired) electrons. The first-order chi connectivity index (χ1) is 13.7. The Bertz CT molecular complexity index is 1020. The molecule has 3 rings (SSSR count). The Kier molecular flexibility index (Phi) is 6.29. The van der Waals surface area contributed by atoms with Gasteiger partial charge in [-0.3, -0.25) is 4.79 Å². The fourth-order valence-electron chi connectivity index (χ4n) is 3.36. The van der Waals surface area contributed by atoms with Crippen molar-refractivity contribution in [1.29, 1.82) is 5.26 Å². The molecule has 0 aliphatic carbocycles. The number of carbonyl (C=O) groups is 1. The highest BCUT2D eigenvalue weighted by atomic mass is 16.1. The van der Waals surface area contributed by atoms with Gasteiger partial charge in [0.1, 0.15) is 11.5 Å². The minimum Gasteiger partial charge on any atom is -0.296 e. The van der Waals surface area contributed by atoms with Gasteiger partial charge in [-0.25, -0.2) is 9.97 Å². The van der Waals surface area contributed by atoms with Gasteiger partial charge in [-0.2, -0.15) is 5.26 Å². The molecular weight excluding hydrogens is 346 g/mol. The Labute approximate surface area is 165 Å². The minimum absolute atomic E-state index is 0.484. The van der Waals surface area contributed by atoms with Crippen molar-refractivity contribution in [2.45, 2.75) is 39.5 Å². The number of aldehydes is 1. The highest BCUT2D eigenvalue weighted by Gasteiger charge is 2.13. The van der Waals surface area contributed by atoms with E-state index in [0.717, 1.165) is 53.5 Å². The van der Waals surface area contributed by atoms with Gasteiger partial charge in [0, 0.05) is 17.7 Å². The molecule has 28 heavy (non-hydrogen) atoms. The summed E-state index contributed by atoms with van der Waals surface area (Å²) < 4.78 is 0. The van der Waals surface area contributed by atoms with Crippen molar-refractivity contribution in [2.75, 3.05) is 0 Å². The number of unbranched alkanes of at least 4 members (excludes halogenated alkanes) is 1. The molecule has 0 fully saturated rings. The van der Waals surface area contributed by atoms with E-state index in [4.69, 9.17) is 0 Å². The Morgan fingerprint density at radius 1 is 1.07 bits per heavy atom. The Morgan fingerprint density at radius 2 is 1.82 bits per heavy atom. The Hall–Kier alpha value is -3.32. The highest BCUT2D eigenvalue weighted by molar-refractivity contribution is 5.75. The SMILES string of the molecule is CCCCc1nc(C)nc(C=O)c1Cc1ccc(-c2ccccc2C#N)cc1. The molecule has 0 aliphatic rings. The molecule has 0 aliphatic heterocycles. The van der Waals surface area contributed by atoms with E-state index in [9.17, 15) is 10.1 Å². The lowest BCUT2D eigenvalue weighted by Crippen LogP contribution is -2.09. The third-order valence-corrected chi connectivity index (χ3v) is 4.81. The summed E-state index contributed by atoms with van der Waals surface area (Å²) in [5.74, 6) is 0.639. The van der Waals surface area contributed by atoms with Crippen LogP contribution in [0.15, 0.2) is 48.5 Å². The van der Waals surface area contributed by atoms with Gasteiger partial charge >= 0.3 is 0 Å². The van der Waals surface area contributed by atoms with Crippen LogP contribution in [0.4, 0.5) is 0 Å². The summed E-state index contributed by atoms with van der Waals surface area (Å²) in [5, 5.41) is 9.31. The number of nitrogens with zero attached hydrogens (tertiary/aromatic N) is 3. The lowest BCUT2D eigenvalue weighted by Gasteiger charge is -2.12. The van der Waals surface area contributed by atoms with E-state index >= 15 is 0 Å². The largest absolute Gasteiger partial charge is 0.296 e. The van der Waals surface area contributed by atoms with Crippen molar-refractivity contribution in [3.63, 3.8) is 0 Å². The smallest absolute Gasteiger partial charge is 0.168 e. The maximum atomic E-state index is 11.6. The second-order valence-corrected chi connectivity index (χ2v) is 6.83. The molecule has 0 saturated carbocycles. The molecule has 2 aromatic carbocycles. The van der Waals surface area contributed by atoms with Crippen LogP contribution in [0.1, 0.15) is 58.5 Å². The summed E-state index contributed by atoms with van der Waals surface area (Å²) in [7, 11) is 0. The summed E-state index contributed by atoms with van der Waals surface area (Å²) in [6.07, 6.45) is 4.41. The molecule has 0 atom stereocenters. The van der Waals surface area contributed by atoms with E-state index in [2.05, 4.69) is 23.0 Å². The summed E-state index contributed by atoms with van der Waals surface area (Å²) in [5.41, 5.74) is 6.04. The van der Waals surface area contributed by atoms with Crippen LogP contribution in [-0.2, 0) is 12.8 Å². The van der Waals surface area contributed by atoms with Gasteiger partial charge in [-0.1, -0.05) is 55.8 Å². The van der Waals surface area contributed by atoms with Gasteiger partial charge in [0.25, 0.3) is 0 Å². The van der Waals surface area contributed by atoms with Gasteiger partial charge in [0.15, 0.2) is 6.29 Å². The number of rotatable bonds is 7. The number of aryl methyl sites for hydroxylation is 2. The average molecular weight is 369 g/mol. The zero-order valence-corrected chi connectivity index (χ0v) is 16.3. The second kappa shape index (κ2) is 9.05. The highest BCUT2D eigenvalue weighted by Crippen LogP contribution is 2.25. The van der Waals surface area contributed by atoms with Crippen LogP contribution >= 0.6 is 0 Å². The molecule has 0 N–H and O–H groups in total. The summed E-state index contributed by atoms with van der Waals surface area (Å²) in [4.78, 5) is 20.5. The van der Waals surface area contributed by atoms with E-state index in [-0.39, 0.29) is 0 Å². The normalized spacial score (nSPS) is 10.5. The van der Waals surface area contributed by atoms with Crippen LogP contribution in [0.2, 0.25) is 0 Å². The van der Waals surface area contributed by atoms with Crippen LogP contribution in [0.5, 0.6) is 0 Å². The van der Waals surface area contributed by atoms with E-state index in [0.29, 0.717) is 23.5 Å². The number of carbonyl (C=O) groups excluding carboxylic acids is 1. The van der Waals surface area contributed by atoms with Gasteiger partial charge in [-0.05, 0) is 42.5 Å². The molecular formula is C24H23N3O. The maximum absolute atomic E-state index is 11.6. The van der Waals surface area contributed by atoms with E-state index in [1.165, 1.54) is 0 Å². The zero-order valence-electron chi connectivity index (χ0n) is 16.3. The molecule has 0 bridgehead atoms. The summed E-state index contributed by atoms with van der Waals surface area (Å²) >= 11 is 0. The Balaban J connectivity index is 1.92. The number of hydrogen-bond donors (Lipinski definition) is 0. The van der Waals surface area contributed by atoms with Crippen LogP contribution in [0.25, 0.3) is 11.1 Å². The van der Waals surface area contributed by atoms with E-state index < -0.39 is 0 Å². The third kappa shape index (κ3) is 4.32. The molecule has 1 heterocycles. The number of hydrogen-bond acceptors (Lipinski definition) is 4. The van der Waals surface area contributed by atoms with Crippen molar-refractivity contribution in [3.8, 4) is 17.2 Å². The van der Waals surface area contributed by atoms with Crippen molar-refractivity contribution in [2.24, 2.45) is 0 Å². The molecule has 4 heteroatoms.